The third kappa shape index (κ3) is 3.77. The molecule has 112 valence electrons. The van der Waals surface area contributed by atoms with Crippen molar-refractivity contribution in [1.29, 1.82) is 0 Å². The molecular formula is C15H20N4OS. The fraction of sp³-hybridized carbons (Fsp3) is 0.467. The van der Waals surface area contributed by atoms with Gasteiger partial charge in [-0.05, 0) is 31.4 Å². The lowest BCUT2D eigenvalue weighted by Crippen LogP contribution is -2.08. The van der Waals surface area contributed by atoms with Gasteiger partial charge >= 0.3 is 0 Å². The van der Waals surface area contributed by atoms with E-state index in [1.54, 1.807) is 11.8 Å². The van der Waals surface area contributed by atoms with Gasteiger partial charge in [-0.1, -0.05) is 30.0 Å². The van der Waals surface area contributed by atoms with Gasteiger partial charge in [0.15, 0.2) is 5.16 Å². The van der Waals surface area contributed by atoms with Crippen molar-refractivity contribution in [3.63, 3.8) is 0 Å². The van der Waals surface area contributed by atoms with Crippen molar-refractivity contribution in [2.24, 2.45) is 5.73 Å². The molecule has 1 saturated carbocycles. The maximum atomic E-state index is 5.72. The third-order valence-electron chi connectivity index (χ3n) is 3.36. The molecule has 0 unspecified atom stereocenters. The van der Waals surface area contributed by atoms with Gasteiger partial charge < -0.3 is 15.0 Å². The highest BCUT2D eigenvalue weighted by atomic mass is 32.2. The molecule has 0 saturated heterocycles. The van der Waals surface area contributed by atoms with Crippen LogP contribution in [-0.4, -0.2) is 27.1 Å². The van der Waals surface area contributed by atoms with E-state index in [9.17, 15) is 0 Å². The predicted octanol–water partition coefficient (Wildman–Crippen LogP) is 2.63. The Kier molecular flexibility index (Phi) is 4.77. The zero-order valence-electron chi connectivity index (χ0n) is 11.9. The summed E-state index contributed by atoms with van der Waals surface area (Å²) in [4.78, 5) is 0. The smallest absolute Gasteiger partial charge is 0.191 e. The van der Waals surface area contributed by atoms with Gasteiger partial charge in [0.25, 0.3) is 0 Å². The zero-order chi connectivity index (χ0) is 14.5. The minimum Gasteiger partial charge on any atom is -0.494 e. The van der Waals surface area contributed by atoms with E-state index < -0.39 is 0 Å². The summed E-state index contributed by atoms with van der Waals surface area (Å²) in [5.74, 6) is 2.80. The molecule has 1 aromatic heterocycles. The van der Waals surface area contributed by atoms with Crippen LogP contribution in [0.2, 0.25) is 0 Å². The van der Waals surface area contributed by atoms with E-state index in [1.165, 1.54) is 12.8 Å². The molecule has 6 heteroatoms. The number of ether oxygens (including phenoxy) is 1. The largest absolute Gasteiger partial charge is 0.494 e. The number of hydrogen-bond acceptors (Lipinski definition) is 5. The number of hydrogen-bond donors (Lipinski definition) is 1. The van der Waals surface area contributed by atoms with Crippen LogP contribution >= 0.6 is 11.8 Å². The Morgan fingerprint density at radius 2 is 2.05 bits per heavy atom. The number of para-hydroxylation sites is 1. The Morgan fingerprint density at radius 1 is 1.24 bits per heavy atom. The molecule has 0 spiro atoms. The van der Waals surface area contributed by atoms with Crippen molar-refractivity contribution in [3.05, 3.63) is 36.2 Å². The summed E-state index contributed by atoms with van der Waals surface area (Å²) < 4.78 is 7.90. The van der Waals surface area contributed by atoms with E-state index in [1.807, 2.05) is 30.3 Å². The van der Waals surface area contributed by atoms with Gasteiger partial charge in [-0.25, -0.2) is 0 Å². The molecule has 5 nitrogen and oxygen atoms in total. The second-order valence-electron chi connectivity index (χ2n) is 5.07. The molecule has 1 aliphatic carbocycles. The second kappa shape index (κ2) is 6.95. The van der Waals surface area contributed by atoms with Crippen LogP contribution < -0.4 is 10.5 Å². The molecule has 1 aromatic carbocycles. The van der Waals surface area contributed by atoms with Crippen LogP contribution in [0.4, 0.5) is 0 Å². The van der Waals surface area contributed by atoms with Crippen LogP contribution in [0.15, 0.2) is 35.5 Å². The molecule has 3 rings (SSSR count). The Balaban J connectivity index is 1.44. The van der Waals surface area contributed by atoms with Crippen molar-refractivity contribution in [3.8, 4) is 5.75 Å². The van der Waals surface area contributed by atoms with Gasteiger partial charge in [0.2, 0.25) is 0 Å². The molecule has 2 N–H and O–H groups in total. The fourth-order valence-electron chi connectivity index (χ4n) is 2.17. The van der Waals surface area contributed by atoms with Crippen molar-refractivity contribution in [2.45, 2.75) is 37.0 Å². The van der Waals surface area contributed by atoms with E-state index in [0.29, 0.717) is 12.6 Å². The van der Waals surface area contributed by atoms with Crippen LogP contribution in [0.1, 0.15) is 31.1 Å². The van der Waals surface area contributed by atoms with Gasteiger partial charge in [0.05, 0.1) is 13.2 Å². The average molecular weight is 304 g/mol. The van der Waals surface area contributed by atoms with E-state index in [-0.39, 0.29) is 0 Å². The molecule has 0 radical (unpaired) electrons. The van der Waals surface area contributed by atoms with Crippen LogP contribution in [0, 0.1) is 0 Å². The summed E-state index contributed by atoms with van der Waals surface area (Å²) in [6, 6.07) is 10.5. The number of nitrogens with two attached hydrogens (primary N) is 1. The van der Waals surface area contributed by atoms with Crippen LogP contribution in [0.5, 0.6) is 5.75 Å². The predicted molar refractivity (Wildman–Crippen MR) is 83.5 cm³/mol. The van der Waals surface area contributed by atoms with Crippen LogP contribution in [-0.2, 0) is 6.54 Å². The van der Waals surface area contributed by atoms with Crippen molar-refractivity contribution in [1.82, 2.24) is 14.8 Å². The first kappa shape index (κ1) is 14.4. The van der Waals surface area contributed by atoms with Gasteiger partial charge in [-0.15, -0.1) is 10.2 Å². The van der Waals surface area contributed by atoms with E-state index >= 15 is 0 Å². The highest BCUT2D eigenvalue weighted by Gasteiger charge is 2.28. The number of aromatic nitrogens is 3. The summed E-state index contributed by atoms with van der Waals surface area (Å²) >= 11 is 1.74. The quantitative estimate of drug-likeness (QED) is 0.600. The van der Waals surface area contributed by atoms with E-state index in [0.717, 1.165) is 35.5 Å². The topological polar surface area (TPSA) is 66.0 Å². The molecule has 0 aliphatic heterocycles. The number of thioether (sulfide) groups is 1. The van der Waals surface area contributed by atoms with E-state index in [4.69, 9.17) is 10.5 Å². The number of nitrogens with zero attached hydrogens (tertiary/aromatic N) is 3. The lowest BCUT2D eigenvalue weighted by Gasteiger charge is -2.08. The summed E-state index contributed by atoms with van der Waals surface area (Å²) in [5.41, 5.74) is 5.72. The minimum atomic E-state index is 0.460. The van der Waals surface area contributed by atoms with Gasteiger partial charge in [-0.3, -0.25) is 0 Å². The van der Waals surface area contributed by atoms with Crippen LogP contribution in [0.3, 0.4) is 0 Å². The SMILES string of the molecule is NCc1nnc(SCCCOc2ccccc2)n1C1CC1. The molecule has 1 heterocycles. The number of benzene rings is 1. The molecule has 0 bridgehead atoms. The minimum absolute atomic E-state index is 0.460. The normalized spacial score (nSPS) is 14.3. The lowest BCUT2D eigenvalue weighted by atomic mass is 10.3. The van der Waals surface area contributed by atoms with E-state index in [2.05, 4.69) is 14.8 Å². The first-order chi connectivity index (χ1) is 10.4. The summed E-state index contributed by atoms with van der Waals surface area (Å²) in [5, 5.41) is 9.44. The first-order valence-corrected chi connectivity index (χ1v) is 8.31. The summed E-state index contributed by atoms with van der Waals surface area (Å²) in [6.45, 7) is 1.18. The van der Waals surface area contributed by atoms with Crippen LogP contribution in [0.25, 0.3) is 0 Å². The van der Waals surface area contributed by atoms with Crippen molar-refractivity contribution in [2.75, 3.05) is 12.4 Å². The Hall–Kier alpha value is -1.53. The molecule has 0 amide bonds. The molecule has 1 aliphatic rings. The molecule has 1 fully saturated rings. The maximum absolute atomic E-state index is 5.72. The highest BCUT2D eigenvalue weighted by molar-refractivity contribution is 7.99. The standard InChI is InChI=1S/C15H20N4OS/c16-11-14-17-18-15(19(14)12-7-8-12)21-10-4-9-20-13-5-2-1-3-6-13/h1-3,5-6,12H,4,7-11,16H2. The van der Waals surface area contributed by atoms with Crippen molar-refractivity contribution < 1.29 is 4.74 Å². The molecule has 2 aromatic rings. The molecule has 21 heavy (non-hydrogen) atoms. The zero-order valence-corrected chi connectivity index (χ0v) is 12.8. The Bertz CT molecular complexity index is 568. The van der Waals surface area contributed by atoms with Crippen molar-refractivity contribution >= 4 is 11.8 Å². The first-order valence-electron chi connectivity index (χ1n) is 7.33. The fourth-order valence-corrected chi connectivity index (χ4v) is 3.11. The second-order valence-corrected chi connectivity index (χ2v) is 6.13. The highest BCUT2D eigenvalue weighted by Crippen LogP contribution is 2.38. The number of rotatable bonds is 8. The average Bonchev–Trinajstić information content (AvgIpc) is 3.28. The Labute approximate surface area is 128 Å². The Morgan fingerprint density at radius 3 is 2.76 bits per heavy atom. The lowest BCUT2D eigenvalue weighted by molar-refractivity contribution is 0.318. The van der Waals surface area contributed by atoms with Gasteiger partial charge in [0.1, 0.15) is 11.6 Å². The van der Waals surface area contributed by atoms with Gasteiger partial charge in [0, 0.05) is 11.8 Å². The summed E-state index contributed by atoms with van der Waals surface area (Å²) in [7, 11) is 0. The molecule has 0 atom stereocenters. The summed E-state index contributed by atoms with van der Waals surface area (Å²) in [6.07, 6.45) is 3.42. The third-order valence-corrected chi connectivity index (χ3v) is 4.39. The van der Waals surface area contributed by atoms with Gasteiger partial charge in [-0.2, -0.15) is 0 Å². The molecular weight excluding hydrogens is 284 g/mol. The monoisotopic (exact) mass is 304 g/mol. The maximum Gasteiger partial charge on any atom is 0.191 e.